The molecule has 1 saturated heterocycles. The molecule has 166 valence electrons. The number of likely N-dealkylation sites (tertiary alicyclic amines) is 1. The SMILES string of the molecule is COC(=O)[C@@H]1CCCN1Cc1ccc2c(c1)CN(Cc1cccc3cccnc13)CCO2. The molecule has 3 aromatic rings. The number of hydrogen-bond acceptors (Lipinski definition) is 6. The number of para-hydroxylation sites is 1. The van der Waals surface area contributed by atoms with E-state index in [1.54, 1.807) is 0 Å². The molecule has 2 aromatic carbocycles. The molecule has 0 bridgehead atoms. The van der Waals surface area contributed by atoms with Gasteiger partial charge in [0, 0.05) is 43.3 Å². The van der Waals surface area contributed by atoms with Crippen LogP contribution in [0, 0.1) is 0 Å². The first-order valence-corrected chi connectivity index (χ1v) is 11.3. The quantitative estimate of drug-likeness (QED) is 0.574. The zero-order chi connectivity index (χ0) is 21.9. The van der Waals surface area contributed by atoms with E-state index in [4.69, 9.17) is 9.47 Å². The smallest absolute Gasteiger partial charge is 0.323 e. The van der Waals surface area contributed by atoms with E-state index in [2.05, 4.69) is 57.2 Å². The molecule has 2 aliphatic rings. The van der Waals surface area contributed by atoms with Gasteiger partial charge < -0.3 is 9.47 Å². The normalized spacial score (nSPS) is 19.3. The Morgan fingerprint density at radius 1 is 1.16 bits per heavy atom. The molecular weight excluding hydrogens is 402 g/mol. The maximum atomic E-state index is 12.1. The highest BCUT2D eigenvalue weighted by molar-refractivity contribution is 5.81. The summed E-state index contributed by atoms with van der Waals surface area (Å²) in [6.45, 7) is 4.86. The number of esters is 1. The average Bonchev–Trinajstić information content (AvgIpc) is 3.18. The monoisotopic (exact) mass is 431 g/mol. The lowest BCUT2D eigenvalue weighted by Crippen LogP contribution is -2.36. The fraction of sp³-hybridized carbons (Fsp3) is 0.385. The van der Waals surface area contributed by atoms with Gasteiger partial charge in [0.2, 0.25) is 0 Å². The minimum Gasteiger partial charge on any atom is -0.492 e. The standard InChI is InChI=1S/C26H29N3O3/c1-31-26(30)23-8-4-12-29(23)16-19-9-10-24-22(15-19)18-28(13-14-32-24)17-21-6-2-5-20-7-3-11-27-25(20)21/h2-3,5-7,9-11,15,23H,4,8,12-14,16-18H2,1H3/t23-/m0/s1. The summed E-state index contributed by atoms with van der Waals surface area (Å²) >= 11 is 0. The number of nitrogens with zero attached hydrogens (tertiary/aromatic N) is 3. The Labute approximate surface area is 188 Å². The topological polar surface area (TPSA) is 54.9 Å². The number of methoxy groups -OCH3 is 1. The third-order valence-corrected chi connectivity index (χ3v) is 6.52. The van der Waals surface area contributed by atoms with E-state index in [9.17, 15) is 4.79 Å². The van der Waals surface area contributed by atoms with E-state index in [-0.39, 0.29) is 12.0 Å². The Balaban J connectivity index is 1.34. The van der Waals surface area contributed by atoms with Crippen LogP contribution in [0.5, 0.6) is 5.75 Å². The summed E-state index contributed by atoms with van der Waals surface area (Å²) in [7, 11) is 1.47. The highest BCUT2D eigenvalue weighted by Crippen LogP contribution is 2.28. The summed E-state index contributed by atoms with van der Waals surface area (Å²) in [6.07, 6.45) is 3.76. The molecule has 0 aliphatic carbocycles. The van der Waals surface area contributed by atoms with Gasteiger partial charge in [-0.3, -0.25) is 19.6 Å². The van der Waals surface area contributed by atoms with Gasteiger partial charge in [-0.2, -0.15) is 0 Å². The highest BCUT2D eigenvalue weighted by Gasteiger charge is 2.31. The number of hydrogen-bond donors (Lipinski definition) is 0. The number of rotatable bonds is 5. The predicted octanol–water partition coefficient (Wildman–Crippen LogP) is 3.77. The van der Waals surface area contributed by atoms with Gasteiger partial charge in [-0.1, -0.05) is 30.3 Å². The zero-order valence-corrected chi connectivity index (χ0v) is 18.5. The van der Waals surface area contributed by atoms with Gasteiger partial charge in [0.25, 0.3) is 0 Å². The van der Waals surface area contributed by atoms with Crippen molar-refractivity contribution in [3.05, 3.63) is 71.4 Å². The van der Waals surface area contributed by atoms with Crippen LogP contribution in [-0.4, -0.2) is 53.6 Å². The number of ether oxygens (including phenoxy) is 2. The Morgan fingerprint density at radius 3 is 2.97 bits per heavy atom. The van der Waals surface area contributed by atoms with Crippen LogP contribution in [0.4, 0.5) is 0 Å². The summed E-state index contributed by atoms with van der Waals surface area (Å²) in [5.41, 5.74) is 4.71. The second-order valence-electron chi connectivity index (χ2n) is 8.65. The van der Waals surface area contributed by atoms with Gasteiger partial charge in [0.15, 0.2) is 0 Å². The van der Waals surface area contributed by atoms with Crippen molar-refractivity contribution in [3.8, 4) is 5.75 Å². The van der Waals surface area contributed by atoms with Crippen molar-refractivity contribution in [1.82, 2.24) is 14.8 Å². The highest BCUT2D eigenvalue weighted by atomic mass is 16.5. The van der Waals surface area contributed by atoms with Crippen molar-refractivity contribution in [2.45, 2.75) is 38.5 Å². The van der Waals surface area contributed by atoms with Crippen LogP contribution in [0.1, 0.15) is 29.5 Å². The molecule has 32 heavy (non-hydrogen) atoms. The number of benzene rings is 2. The summed E-state index contributed by atoms with van der Waals surface area (Å²) < 4.78 is 11.1. The van der Waals surface area contributed by atoms with E-state index in [0.29, 0.717) is 6.61 Å². The van der Waals surface area contributed by atoms with Crippen LogP contribution in [0.3, 0.4) is 0 Å². The van der Waals surface area contributed by atoms with Gasteiger partial charge in [-0.05, 0) is 48.7 Å². The summed E-state index contributed by atoms with van der Waals surface area (Å²) in [6, 6.07) is 16.8. The first-order valence-electron chi connectivity index (χ1n) is 11.3. The van der Waals surface area contributed by atoms with E-state index in [1.807, 2.05) is 12.3 Å². The first kappa shape index (κ1) is 20.9. The van der Waals surface area contributed by atoms with E-state index >= 15 is 0 Å². The van der Waals surface area contributed by atoms with Crippen LogP contribution >= 0.6 is 0 Å². The third kappa shape index (κ3) is 4.33. The Hall–Kier alpha value is -2.96. The molecule has 5 rings (SSSR count). The Bertz CT molecular complexity index is 1110. The van der Waals surface area contributed by atoms with Crippen LogP contribution in [-0.2, 0) is 29.2 Å². The molecule has 1 fully saturated rings. The first-order chi connectivity index (χ1) is 15.7. The lowest BCUT2D eigenvalue weighted by atomic mass is 10.1. The van der Waals surface area contributed by atoms with Crippen molar-refractivity contribution >= 4 is 16.9 Å². The minimum absolute atomic E-state index is 0.129. The maximum Gasteiger partial charge on any atom is 0.323 e. The number of carbonyl (C=O) groups excluding carboxylic acids is 1. The average molecular weight is 432 g/mol. The molecular formula is C26H29N3O3. The summed E-state index contributed by atoms with van der Waals surface area (Å²) in [5.74, 6) is 0.828. The second-order valence-corrected chi connectivity index (χ2v) is 8.65. The van der Waals surface area contributed by atoms with Crippen molar-refractivity contribution in [2.24, 2.45) is 0 Å². The van der Waals surface area contributed by atoms with E-state index in [0.717, 1.165) is 56.8 Å². The van der Waals surface area contributed by atoms with E-state index < -0.39 is 0 Å². The van der Waals surface area contributed by atoms with Gasteiger partial charge >= 0.3 is 5.97 Å². The number of carbonyl (C=O) groups is 1. The molecule has 0 saturated carbocycles. The molecule has 0 spiro atoms. The Morgan fingerprint density at radius 2 is 2.06 bits per heavy atom. The maximum absolute atomic E-state index is 12.1. The predicted molar refractivity (Wildman–Crippen MR) is 123 cm³/mol. The van der Waals surface area contributed by atoms with Crippen LogP contribution in [0.15, 0.2) is 54.7 Å². The molecule has 0 amide bonds. The molecule has 0 radical (unpaired) electrons. The van der Waals surface area contributed by atoms with Gasteiger partial charge in [0.1, 0.15) is 18.4 Å². The van der Waals surface area contributed by atoms with Gasteiger partial charge in [0.05, 0.1) is 12.6 Å². The molecule has 6 nitrogen and oxygen atoms in total. The zero-order valence-electron chi connectivity index (χ0n) is 18.5. The third-order valence-electron chi connectivity index (χ3n) is 6.52. The number of fused-ring (bicyclic) bond motifs is 2. The van der Waals surface area contributed by atoms with Gasteiger partial charge in [-0.15, -0.1) is 0 Å². The number of aromatic nitrogens is 1. The molecule has 1 atom stereocenters. The van der Waals surface area contributed by atoms with Crippen LogP contribution < -0.4 is 4.74 Å². The second kappa shape index (κ2) is 9.27. The summed E-state index contributed by atoms with van der Waals surface area (Å²) in [4.78, 5) is 21.4. The fourth-order valence-corrected chi connectivity index (χ4v) is 4.92. The molecule has 1 aromatic heterocycles. The van der Waals surface area contributed by atoms with Gasteiger partial charge in [-0.25, -0.2) is 0 Å². The molecule has 6 heteroatoms. The molecule has 0 unspecified atom stereocenters. The fourth-order valence-electron chi connectivity index (χ4n) is 4.92. The Kier molecular flexibility index (Phi) is 6.06. The lowest BCUT2D eigenvalue weighted by Gasteiger charge is -2.23. The summed E-state index contributed by atoms with van der Waals surface area (Å²) in [5, 5.41) is 1.17. The van der Waals surface area contributed by atoms with Crippen LogP contribution in [0.2, 0.25) is 0 Å². The van der Waals surface area contributed by atoms with Crippen molar-refractivity contribution in [1.29, 1.82) is 0 Å². The van der Waals surface area contributed by atoms with Crippen LogP contribution in [0.25, 0.3) is 10.9 Å². The largest absolute Gasteiger partial charge is 0.492 e. The molecule has 0 N–H and O–H groups in total. The van der Waals surface area contributed by atoms with Crippen molar-refractivity contribution < 1.29 is 14.3 Å². The lowest BCUT2D eigenvalue weighted by molar-refractivity contribution is -0.146. The van der Waals surface area contributed by atoms with Crippen molar-refractivity contribution in [2.75, 3.05) is 26.8 Å². The molecule has 3 heterocycles. The number of pyridine rings is 1. The molecule has 2 aliphatic heterocycles. The van der Waals surface area contributed by atoms with Crippen molar-refractivity contribution in [3.63, 3.8) is 0 Å². The minimum atomic E-state index is -0.134. The van der Waals surface area contributed by atoms with E-state index in [1.165, 1.54) is 29.2 Å².